The van der Waals surface area contributed by atoms with Crippen LogP contribution in [0.15, 0.2) is 69.3 Å². The van der Waals surface area contributed by atoms with E-state index in [1.54, 1.807) is 12.1 Å². The quantitative estimate of drug-likeness (QED) is 0.557. The second-order valence-corrected chi connectivity index (χ2v) is 8.83. The number of amidine groups is 1. The number of rotatable bonds is 5. The second kappa shape index (κ2) is 8.14. The highest BCUT2D eigenvalue weighted by molar-refractivity contribution is 8.19. The van der Waals surface area contributed by atoms with Gasteiger partial charge < -0.3 is 10.2 Å². The number of hydrogen-bond donors (Lipinski definition) is 2. The molecule has 29 heavy (non-hydrogen) atoms. The molecule has 2 N–H and O–H groups in total. The molecule has 0 saturated carbocycles. The molecule has 0 radical (unpaired) electrons. The minimum Gasteiger partial charge on any atom is -0.508 e. The number of benzene rings is 2. The van der Waals surface area contributed by atoms with E-state index in [0.717, 1.165) is 23.4 Å². The summed E-state index contributed by atoms with van der Waals surface area (Å²) in [6.07, 6.45) is 2.88. The maximum absolute atomic E-state index is 12.7. The molecule has 1 fully saturated rings. The normalized spacial score (nSPS) is 17.3. The summed E-state index contributed by atoms with van der Waals surface area (Å²) in [5.74, 6) is -0.783. The maximum Gasteiger partial charge on any atom is 0.284 e. The number of sulfonamides is 1. The zero-order valence-electron chi connectivity index (χ0n) is 15.4. The van der Waals surface area contributed by atoms with E-state index >= 15 is 0 Å². The molecule has 1 amide bonds. The predicted molar refractivity (Wildman–Crippen MR) is 113 cm³/mol. The van der Waals surface area contributed by atoms with Gasteiger partial charge in [-0.15, -0.1) is 11.0 Å². The number of aryl methyl sites for hydroxylation is 1. The summed E-state index contributed by atoms with van der Waals surface area (Å²) in [5, 5.41) is 19.3. The van der Waals surface area contributed by atoms with Gasteiger partial charge >= 0.3 is 0 Å². The lowest BCUT2D eigenvalue weighted by Gasteiger charge is -2.12. The van der Waals surface area contributed by atoms with E-state index in [9.17, 15) is 23.4 Å². The van der Waals surface area contributed by atoms with Gasteiger partial charge in [-0.25, -0.2) is 0 Å². The van der Waals surface area contributed by atoms with Crippen molar-refractivity contribution >= 4 is 38.9 Å². The lowest BCUT2D eigenvalue weighted by atomic mass is 10.1. The van der Waals surface area contributed by atoms with Gasteiger partial charge in [0.25, 0.3) is 15.9 Å². The summed E-state index contributed by atoms with van der Waals surface area (Å²) in [4.78, 5) is 14.1. The van der Waals surface area contributed by atoms with Crippen molar-refractivity contribution in [2.45, 2.75) is 11.8 Å². The van der Waals surface area contributed by atoms with E-state index in [2.05, 4.69) is 11.0 Å². The number of carbonyl (C=O) groups excluding carboxylic acids is 1. The molecule has 0 spiro atoms. The molecule has 0 unspecified atom stereocenters. The lowest BCUT2D eigenvalue weighted by Crippen LogP contribution is -2.29. The van der Waals surface area contributed by atoms with Crippen LogP contribution in [0.2, 0.25) is 0 Å². The molecule has 150 valence electrons. The van der Waals surface area contributed by atoms with Crippen molar-refractivity contribution < 1.29 is 23.4 Å². The fourth-order valence-electron chi connectivity index (χ4n) is 2.53. The van der Waals surface area contributed by atoms with E-state index in [-0.39, 0.29) is 33.0 Å². The first-order valence-electron chi connectivity index (χ1n) is 8.47. The first-order valence-corrected chi connectivity index (χ1v) is 10.7. The van der Waals surface area contributed by atoms with Crippen LogP contribution < -0.4 is 0 Å². The molecule has 1 heterocycles. The molecular formula is C20H18N2O5S2. The Kier molecular flexibility index (Phi) is 5.81. The Hall–Kier alpha value is -3.04. The van der Waals surface area contributed by atoms with Crippen LogP contribution in [0.5, 0.6) is 11.5 Å². The van der Waals surface area contributed by atoms with Gasteiger partial charge in [0.15, 0.2) is 5.17 Å². The third kappa shape index (κ3) is 4.52. The van der Waals surface area contributed by atoms with Crippen LogP contribution in [-0.4, -0.2) is 41.2 Å². The Morgan fingerprint density at radius 2 is 1.86 bits per heavy atom. The van der Waals surface area contributed by atoms with Crippen LogP contribution in [0.4, 0.5) is 0 Å². The molecule has 0 aromatic heterocycles. The Morgan fingerprint density at radius 1 is 1.17 bits per heavy atom. The molecule has 3 rings (SSSR count). The number of thioether (sulfide) groups is 1. The fourth-order valence-corrected chi connectivity index (χ4v) is 4.71. The van der Waals surface area contributed by atoms with E-state index < -0.39 is 15.9 Å². The molecular weight excluding hydrogens is 412 g/mol. The molecule has 1 aliphatic rings. The van der Waals surface area contributed by atoms with Gasteiger partial charge in [0.05, 0.1) is 9.80 Å². The highest BCUT2D eigenvalue weighted by atomic mass is 32.2. The van der Waals surface area contributed by atoms with Crippen molar-refractivity contribution in [1.82, 2.24) is 4.90 Å². The van der Waals surface area contributed by atoms with Crippen molar-refractivity contribution in [3.05, 3.63) is 71.2 Å². The van der Waals surface area contributed by atoms with E-state index in [4.69, 9.17) is 0 Å². The second-order valence-electron chi connectivity index (χ2n) is 6.22. The van der Waals surface area contributed by atoms with Crippen molar-refractivity contribution in [2.24, 2.45) is 4.40 Å². The largest absolute Gasteiger partial charge is 0.508 e. The number of hydrogen-bond acceptors (Lipinski definition) is 6. The lowest BCUT2D eigenvalue weighted by molar-refractivity contribution is -0.121. The Labute approximate surface area is 172 Å². The van der Waals surface area contributed by atoms with E-state index in [1.165, 1.54) is 41.3 Å². The van der Waals surface area contributed by atoms with Crippen LogP contribution in [0.1, 0.15) is 11.1 Å². The van der Waals surface area contributed by atoms with Gasteiger partial charge in [0.1, 0.15) is 11.5 Å². The SMILES string of the molecule is C=CCN1C(=O)/C(=C/c2ccc(O)cc2O)SC1=NS(=O)(=O)c1ccc(C)cc1. The molecule has 0 aliphatic carbocycles. The molecule has 2 aromatic carbocycles. The van der Waals surface area contributed by atoms with Gasteiger partial charge in [-0.3, -0.25) is 9.69 Å². The van der Waals surface area contributed by atoms with Crippen molar-refractivity contribution in [2.75, 3.05) is 6.54 Å². The monoisotopic (exact) mass is 430 g/mol. The molecule has 1 aliphatic heterocycles. The average molecular weight is 431 g/mol. The highest BCUT2D eigenvalue weighted by Gasteiger charge is 2.34. The number of carbonyl (C=O) groups is 1. The van der Waals surface area contributed by atoms with Gasteiger partial charge in [0, 0.05) is 18.2 Å². The van der Waals surface area contributed by atoms with Crippen LogP contribution in [0, 0.1) is 6.92 Å². The molecule has 1 saturated heterocycles. The number of phenols is 2. The summed E-state index contributed by atoms with van der Waals surface area (Å²) in [5.41, 5.74) is 1.22. The van der Waals surface area contributed by atoms with E-state index in [0.29, 0.717) is 5.56 Å². The molecule has 7 nitrogen and oxygen atoms in total. The van der Waals surface area contributed by atoms with Crippen LogP contribution >= 0.6 is 11.8 Å². The number of amides is 1. The molecule has 2 aromatic rings. The van der Waals surface area contributed by atoms with Gasteiger partial charge in [-0.1, -0.05) is 23.8 Å². The third-order valence-electron chi connectivity index (χ3n) is 4.02. The van der Waals surface area contributed by atoms with Crippen molar-refractivity contribution in [1.29, 1.82) is 0 Å². The molecule has 9 heteroatoms. The summed E-state index contributed by atoms with van der Waals surface area (Å²) in [7, 11) is -4.02. The number of aromatic hydroxyl groups is 2. The topological polar surface area (TPSA) is 107 Å². The summed E-state index contributed by atoms with van der Waals surface area (Å²) in [6.45, 7) is 5.51. The number of nitrogens with zero attached hydrogens (tertiary/aromatic N) is 2. The van der Waals surface area contributed by atoms with Crippen LogP contribution in [-0.2, 0) is 14.8 Å². The van der Waals surface area contributed by atoms with E-state index in [1.807, 2.05) is 6.92 Å². The zero-order valence-corrected chi connectivity index (χ0v) is 17.1. The molecule has 0 atom stereocenters. The standard InChI is InChI=1S/C20H18N2O5S2/c1-3-10-22-19(25)18(11-14-6-7-15(23)12-17(14)24)28-20(22)21-29(26,27)16-8-4-13(2)5-9-16/h3-9,11-12,23-24H,1,10H2,2H3/b18-11-,21-20?. The predicted octanol–water partition coefficient (Wildman–Crippen LogP) is 3.25. The summed E-state index contributed by atoms with van der Waals surface area (Å²) < 4.78 is 29.2. The first kappa shape index (κ1) is 20.7. The van der Waals surface area contributed by atoms with Gasteiger partial charge in [-0.05, 0) is 49.0 Å². The average Bonchev–Trinajstić information content (AvgIpc) is 2.93. The van der Waals surface area contributed by atoms with Crippen molar-refractivity contribution in [3.8, 4) is 11.5 Å². The highest BCUT2D eigenvalue weighted by Crippen LogP contribution is 2.35. The number of phenolic OH excluding ortho intramolecular Hbond substituents is 2. The third-order valence-corrected chi connectivity index (χ3v) is 6.42. The van der Waals surface area contributed by atoms with Gasteiger partial charge in [0.2, 0.25) is 0 Å². The van der Waals surface area contributed by atoms with Crippen molar-refractivity contribution in [3.63, 3.8) is 0 Å². The Bertz CT molecular complexity index is 1140. The van der Waals surface area contributed by atoms with Gasteiger partial charge in [-0.2, -0.15) is 8.42 Å². The summed E-state index contributed by atoms with van der Waals surface area (Å²) >= 11 is 0.886. The smallest absolute Gasteiger partial charge is 0.284 e. The fraction of sp³-hybridized carbons (Fsp3) is 0.100. The minimum absolute atomic E-state index is 0.00000635. The Morgan fingerprint density at radius 3 is 2.48 bits per heavy atom. The van der Waals surface area contributed by atoms with Crippen LogP contribution in [0.25, 0.3) is 6.08 Å². The Balaban J connectivity index is 2.01. The first-order chi connectivity index (χ1) is 13.7. The van der Waals surface area contributed by atoms with Crippen LogP contribution in [0.3, 0.4) is 0 Å². The maximum atomic E-state index is 12.7. The summed E-state index contributed by atoms with van der Waals surface area (Å²) in [6, 6.07) is 10.2. The molecule has 0 bridgehead atoms. The zero-order chi connectivity index (χ0) is 21.2. The minimum atomic E-state index is -4.02.